The number of hydrogen-bond acceptors (Lipinski definition) is 1. The first-order valence-electron chi connectivity index (χ1n) is 5.19. The summed E-state index contributed by atoms with van der Waals surface area (Å²) in [5.41, 5.74) is 1.07. The summed E-state index contributed by atoms with van der Waals surface area (Å²) in [6.07, 6.45) is 4.66. The average Bonchev–Trinajstić information content (AvgIpc) is 2.12. The van der Waals surface area contributed by atoms with Crippen molar-refractivity contribution in [2.45, 2.75) is 31.8 Å². The van der Waals surface area contributed by atoms with Gasteiger partial charge in [0.25, 0.3) is 0 Å². The second-order valence-corrected chi connectivity index (χ2v) is 5.35. The summed E-state index contributed by atoms with van der Waals surface area (Å²) in [6, 6.07) is 8.18. The molecule has 1 fully saturated rings. The van der Waals surface area contributed by atoms with Crippen LogP contribution in [0.15, 0.2) is 24.3 Å². The summed E-state index contributed by atoms with van der Waals surface area (Å²) in [5, 5.41) is 9.94. The van der Waals surface area contributed by atoms with E-state index in [0.717, 1.165) is 17.9 Å². The van der Waals surface area contributed by atoms with E-state index in [0.29, 0.717) is 0 Å². The smallest absolute Gasteiger partial charge is 0.0792 e. The van der Waals surface area contributed by atoms with Crippen molar-refractivity contribution in [1.82, 2.24) is 0 Å². The number of rotatable bonds is 3. The van der Waals surface area contributed by atoms with Crippen molar-refractivity contribution in [2.24, 2.45) is 5.92 Å². The molecule has 1 unspecified atom stereocenters. The Kier molecular flexibility index (Phi) is 3.44. The highest BCUT2D eigenvalue weighted by Crippen LogP contribution is 2.34. The molecule has 1 N–H and O–H groups in total. The third-order valence-electron chi connectivity index (χ3n) is 3.04. The number of hydrogen-bond donors (Lipinski definition) is 1. The molecule has 0 bridgehead atoms. The van der Waals surface area contributed by atoms with Gasteiger partial charge in [-0.05, 0) is 52.6 Å². The highest BCUT2D eigenvalue weighted by molar-refractivity contribution is 14.1. The first kappa shape index (κ1) is 10.4. The zero-order valence-corrected chi connectivity index (χ0v) is 10.3. The largest absolute Gasteiger partial charge is 0.388 e. The van der Waals surface area contributed by atoms with Crippen molar-refractivity contribution in [3.8, 4) is 0 Å². The SMILES string of the molecule is OC(CC1CCC1)c1ccc(I)cc1. The molecule has 1 nitrogen and oxygen atoms in total. The number of aliphatic hydroxyl groups is 1. The fourth-order valence-corrected chi connectivity index (χ4v) is 2.22. The van der Waals surface area contributed by atoms with E-state index >= 15 is 0 Å². The van der Waals surface area contributed by atoms with Gasteiger partial charge < -0.3 is 5.11 Å². The molecular weight excluding hydrogens is 287 g/mol. The summed E-state index contributed by atoms with van der Waals surface area (Å²) in [7, 11) is 0. The summed E-state index contributed by atoms with van der Waals surface area (Å²) >= 11 is 2.28. The second-order valence-electron chi connectivity index (χ2n) is 4.10. The van der Waals surface area contributed by atoms with Gasteiger partial charge in [0.15, 0.2) is 0 Å². The van der Waals surface area contributed by atoms with Gasteiger partial charge in [0.05, 0.1) is 6.10 Å². The fourth-order valence-electron chi connectivity index (χ4n) is 1.87. The lowest BCUT2D eigenvalue weighted by molar-refractivity contribution is 0.118. The molecule has 1 atom stereocenters. The Bertz CT molecular complexity index is 290. The normalized spacial score (nSPS) is 19.0. The molecule has 76 valence electrons. The molecule has 0 spiro atoms. The minimum atomic E-state index is -0.253. The highest BCUT2D eigenvalue weighted by atomic mass is 127. The molecule has 2 rings (SSSR count). The van der Waals surface area contributed by atoms with Crippen LogP contribution in [0, 0.1) is 9.49 Å². The van der Waals surface area contributed by atoms with Gasteiger partial charge in [-0.3, -0.25) is 0 Å². The monoisotopic (exact) mass is 302 g/mol. The Morgan fingerprint density at radius 2 is 1.93 bits per heavy atom. The van der Waals surface area contributed by atoms with Crippen LogP contribution >= 0.6 is 22.6 Å². The Morgan fingerprint density at radius 3 is 2.43 bits per heavy atom. The van der Waals surface area contributed by atoms with Gasteiger partial charge in [0.2, 0.25) is 0 Å². The van der Waals surface area contributed by atoms with E-state index < -0.39 is 0 Å². The molecule has 1 aromatic carbocycles. The van der Waals surface area contributed by atoms with E-state index in [1.807, 2.05) is 12.1 Å². The Balaban J connectivity index is 1.95. The van der Waals surface area contributed by atoms with Gasteiger partial charge in [-0.25, -0.2) is 0 Å². The van der Waals surface area contributed by atoms with Gasteiger partial charge >= 0.3 is 0 Å². The predicted octanol–water partition coefficient (Wildman–Crippen LogP) is 3.51. The topological polar surface area (TPSA) is 20.2 Å². The van der Waals surface area contributed by atoms with Crippen molar-refractivity contribution < 1.29 is 5.11 Å². The van der Waals surface area contributed by atoms with E-state index in [2.05, 4.69) is 34.7 Å². The summed E-state index contributed by atoms with van der Waals surface area (Å²) in [6.45, 7) is 0. The molecule has 0 heterocycles. The lowest BCUT2D eigenvalue weighted by Crippen LogP contribution is -2.14. The lowest BCUT2D eigenvalue weighted by Gasteiger charge is -2.27. The molecule has 14 heavy (non-hydrogen) atoms. The zero-order chi connectivity index (χ0) is 9.97. The Morgan fingerprint density at radius 1 is 1.29 bits per heavy atom. The van der Waals surface area contributed by atoms with Crippen LogP contribution < -0.4 is 0 Å². The molecule has 1 saturated carbocycles. The summed E-state index contributed by atoms with van der Waals surface area (Å²) < 4.78 is 1.22. The molecule has 1 aliphatic rings. The van der Waals surface area contributed by atoms with Gasteiger partial charge in [0, 0.05) is 3.57 Å². The number of aliphatic hydroxyl groups excluding tert-OH is 1. The van der Waals surface area contributed by atoms with Gasteiger partial charge in [0.1, 0.15) is 0 Å². The van der Waals surface area contributed by atoms with Crippen molar-refractivity contribution >= 4 is 22.6 Å². The van der Waals surface area contributed by atoms with Gasteiger partial charge in [-0.2, -0.15) is 0 Å². The van der Waals surface area contributed by atoms with Crippen molar-refractivity contribution in [3.05, 3.63) is 33.4 Å². The van der Waals surface area contributed by atoms with Crippen LogP contribution in [0.5, 0.6) is 0 Å². The molecule has 0 radical (unpaired) electrons. The second kappa shape index (κ2) is 4.62. The fraction of sp³-hybridized carbons (Fsp3) is 0.500. The maximum absolute atomic E-state index is 9.94. The maximum Gasteiger partial charge on any atom is 0.0792 e. The third-order valence-corrected chi connectivity index (χ3v) is 3.76. The van der Waals surface area contributed by atoms with Crippen LogP contribution in [0.3, 0.4) is 0 Å². The van der Waals surface area contributed by atoms with Crippen molar-refractivity contribution in [1.29, 1.82) is 0 Å². The standard InChI is InChI=1S/C12H15IO/c13-11-6-4-10(5-7-11)12(14)8-9-2-1-3-9/h4-7,9,12,14H,1-3,8H2. The Hall–Kier alpha value is -0.0900. The molecule has 1 aromatic rings. The average molecular weight is 302 g/mol. The Labute approximate surface area is 98.7 Å². The van der Waals surface area contributed by atoms with E-state index in [-0.39, 0.29) is 6.10 Å². The molecule has 0 aromatic heterocycles. The highest BCUT2D eigenvalue weighted by Gasteiger charge is 2.21. The van der Waals surface area contributed by atoms with Gasteiger partial charge in [-0.1, -0.05) is 31.4 Å². The van der Waals surface area contributed by atoms with Crippen LogP contribution in [0.4, 0.5) is 0 Å². The van der Waals surface area contributed by atoms with Crippen LogP contribution in [0.1, 0.15) is 37.4 Å². The summed E-state index contributed by atoms with van der Waals surface area (Å²) in [5.74, 6) is 0.768. The first-order valence-corrected chi connectivity index (χ1v) is 6.27. The van der Waals surface area contributed by atoms with E-state index in [1.165, 1.54) is 22.8 Å². The minimum Gasteiger partial charge on any atom is -0.388 e. The van der Waals surface area contributed by atoms with E-state index in [1.54, 1.807) is 0 Å². The minimum absolute atomic E-state index is 0.253. The molecule has 0 saturated heterocycles. The van der Waals surface area contributed by atoms with Gasteiger partial charge in [-0.15, -0.1) is 0 Å². The predicted molar refractivity (Wildman–Crippen MR) is 66.1 cm³/mol. The molecule has 0 aliphatic heterocycles. The zero-order valence-electron chi connectivity index (χ0n) is 8.12. The molecule has 0 amide bonds. The van der Waals surface area contributed by atoms with Crippen molar-refractivity contribution in [3.63, 3.8) is 0 Å². The van der Waals surface area contributed by atoms with Crippen LogP contribution in [0.2, 0.25) is 0 Å². The number of benzene rings is 1. The maximum atomic E-state index is 9.94. The molecule has 1 aliphatic carbocycles. The number of halogens is 1. The van der Waals surface area contributed by atoms with Crippen LogP contribution in [0.25, 0.3) is 0 Å². The molecular formula is C12H15IO. The third kappa shape index (κ3) is 2.48. The summed E-state index contributed by atoms with van der Waals surface area (Å²) in [4.78, 5) is 0. The molecule has 2 heteroatoms. The quantitative estimate of drug-likeness (QED) is 0.847. The van der Waals surface area contributed by atoms with Crippen LogP contribution in [-0.2, 0) is 0 Å². The van der Waals surface area contributed by atoms with Crippen molar-refractivity contribution in [2.75, 3.05) is 0 Å². The van der Waals surface area contributed by atoms with Crippen LogP contribution in [-0.4, -0.2) is 5.11 Å². The lowest BCUT2D eigenvalue weighted by atomic mass is 9.80. The van der Waals surface area contributed by atoms with E-state index in [4.69, 9.17) is 0 Å². The first-order chi connectivity index (χ1) is 6.75. The van der Waals surface area contributed by atoms with E-state index in [9.17, 15) is 5.11 Å².